The summed E-state index contributed by atoms with van der Waals surface area (Å²) in [5.74, 6) is -1.08. The van der Waals surface area contributed by atoms with Crippen LogP contribution >= 0.6 is 0 Å². The van der Waals surface area contributed by atoms with E-state index in [1.165, 1.54) is 18.3 Å². The zero-order valence-corrected chi connectivity index (χ0v) is 13.5. The molecule has 126 valence electrons. The smallest absolute Gasteiger partial charge is 0.270 e. The van der Waals surface area contributed by atoms with Crippen molar-refractivity contribution < 1.29 is 14.0 Å². The average Bonchev–Trinajstić information content (AvgIpc) is 2.61. The first-order valence-corrected chi connectivity index (χ1v) is 7.87. The molecule has 2 N–H and O–H groups in total. The highest BCUT2D eigenvalue weighted by Crippen LogP contribution is 2.07. The summed E-state index contributed by atoms with van der Waals surface area (Å²) < 4.78 is 13.5. The Morgan fingerprint density at radius 3 is 2.67 bits per heavy atom. The van der Waals surface area contributed by atoms with Crippen molar-refractivity contribution in [3.05, 3.63) is 65.2 Å². The van der Waals surface area contributed by atoms with Crippen LogP contribution in [-0.2, 0) is 6.54 Å². The third-order valence-corrected chi connectivity index (χ3v) is 3.47. The van der Waals surface area contributed by atoms with Crippen molar-refractivity contribution in [1.82, 2.24) is 15.6 Å². The number of pyridine rings is 1. The Kier molecular flexibility index (Phi) is 6.42. The molecule has 0 saturated carbocycles. The minimum atomic E-state index is -0.457. The molecule has 2 rings (SSSR count). The first kappa shape index (κ1) is 17.6. The van der Waals surface area contributed by atoms with Gasteiger partial charge in [0.1, 0.15) is 11.5 Å². The number of benzene rings is 1. The lowest BCUT2D eigenvalue weighted by molar-refractivity contribution is 0.0945. The number of hydrogen-bond donors (Lipinski definition) is 2. The number of carbonyl (C=O) groups excluding carboxylic acids is 2. The lowest BCUT2D eigenvalue weighted by Crippen LogP contribution is -2.27. The summed E-state index contributed by atoms with van der Waals surface area (Å²) >= 11 is 0. The maximum Gasteiger partial charge on any atom is 0.270 e. The Labute approximate surface area is 140 Å². The summed E-state index contributed by atoms with van der Waals surface area (Å²) in [6.45, 7) is 2.68. The van der Waals surface area contributed by atoms with Crippen molar-refractivity contribution >= 4 is 11.8 Å². The number of carbonyl (C=O) groups is 2. The van der Waals surface area contributed by atoms with Gasteiger partial charge in [0, 0.05) is 30.4 Å². The fourth-order valence-corrected chi connectivity index (χ4v) is 2.08. The molecule has 0 radical (unpaired) electrons. The maximum atomic E-state index is 13.5. The highest BCUT2D eigenvalue weighted by Gasteiger charge is 2.12. The van der Waals surface area contributed by atoms with Gasteiger partial charge in [-0.3, -0.25) is 14.6 Å². The van der Waals surface area contributed by atoms with E-state index in [1.807, 2.05) is 6.92 Å². The van der Waals surface area contributed by atoms with E-state index in [9.17, 15) is 14.0 Å². The first-order valence-electron chi connectivity index (χ1n) is 7.87. The van der Waals surface area contributed by atoms with Crippen molar-refractivity contribution in [2.45, 2.75) is 26.3 Å². The molecule has 0 aliphatic rings. The molecule has 0 saturated heterocycles. The van der Waals surface area contributed by atoms with E-state index in [4.69, 9.17) is 0 Å². The van der Waals surface area contributed by atoms with E-state index in [1.54, 1.807) is 24.3 Å². The fourth-order valence-electron chi connectivity index (χ4n) is 2.08. The third kappa shape index (κ3) is 4.87. The van der Waals surface area contributed by atoms with Crippen LogP contribution in [-0.4, -0.2) is 23.3 Å². The first-order chi connectivity index (χ1) is 11.6. The van der Waals surface area contributed by atoms with Gasteiger partial charge in [0.25, 0.3) is 11.8 Å². The summed E-state index contributed by atoms with van der Waals surface area (Å²) in [6, 6.07) is 9.20. The Balaban J connectivity index is 1.98. The summed E-state index contributed by atoms with van der Waals surface area (Å²) in [5.41, 5.74) is 0.880. The summed E-state index contributed by atoms with van der Waals surface area (Å²) in [5, 5.41) is 5.38. The van der Waals surface area contributed by atoms with Gasteiger partial charge in [-0.05, 0) is 24.6 Å². The minimum Gasteiger partial charge on any atom is -0.352 e. The van der Waals surface area contributed by atoms with Crippen LogP contribution in [0, 0.1) is 5.82 Å². The third-order valence-electron chi connectivity index (χ3n) is 3.47. The van der Waals surface area contributed by atoms with Crippen molar-refractivity contribution in [3.63, 3.8) is 0 Å². The van der Waals surface area contributed by atoms with Gasteiger partial charge in [-0.2, -0.15) is 0 Å². The Bertz CT molecular complexity index is 719. The molecule has 0 fully saturated rings. The van der Waals surface area contributed by atoms with E-state index < -0.39 is 5.91 Å². The highest BCUT2D eigenvalue weighted by atomic mass is 19.1. The van der Waals surface area contributed by atoms with Gasteiger partial charge < -0.3 is 10.6 Å². The molecule has 6 heteroatoms. The van der Waals surface area contributed by atoms with Crippen LogP contribution in [0.25, 0.3) is 0 Å². The monoisotopic (exact) mass is 329 g/mol. The van der Waals surface area contributed by atoms with E-state index >= 15 is 0 Å². The molecule has 24 heavy (non-hydrogen) atoms. The SMILES string of the molecule is CCCCNC(=O)c1ccnc(C(=O)NCc2ccccc2F)c1. The summed E-state index contributed by atoms with van der Waals surface area (Å²) in [6.07, 6.45) is 3.29. The molecule has 2 aromatic rings. The van der Waals surface area contributed by atoms with Crippen molar-refractivity contribution in [3.8, 4) is 0 Å². The zero-order chi connectivity index (χ0) is 17.4. The van der Waals surface area contributed by atoms with Crippen molar-refractivity contribution in [2.24, 2.45) is 0 Å². The van der Waals surface area contributed by atoms with Gasteiger partial charge >= 0.3 is 0 Å². The van der Waals surface area contributed by atoms with Gasteiger partial charge in [-0.25, -0.2) is 4.39 Å². The van der Waals surface area contributed by atoms with Gasteiger partial charge in [-0.15, -0.1) is 0 Å². The molecular formula is C18H20FN3O2. The van der Waals surface area contributed by atoms with E-state index in [0.29, 0.717) is 17.7 Å². The van der Waals surface area contributed by atoms with Crippen LogP contribution in [0.15, 0.2) is 42.6 Å². The second-order valence-electron chi connectivity index (χ2n) is 5.31. The zero-order valence-electron chi connectivity index (χ0n) is 13.5. The van der Waals surface area contributed by atoms with Gasteiger partial charge in [0.2, 0.25) is 0 Å². The average molecular weight is 329 g/mol. The van der Waals surface area contributed by atoms with Crippen LogP contribution in [0.5, 0.6) is 0 Å². The lowest BCUT2D eigenvalue weighted by atomic mass is 10.2. The number of aromatic nitrogens is 1. The number of hydrogen-bond acceptors (Lipinski definition) is 3. The molecule has 0 aliphatic heterocycles. The number of halogens is 1. The molecule has 0 bridgehead atoms. The van der Waals surface area contributed by atoms with Crippen LogP contribution in [0.3, 0.4) is 0 Å². The van der Waals surface area contributed by atoms with Gasteiger partial charge in [-0.1, -0.05) is 31.5 Å². The van der Waals surface area contributed by atoms with E-state index in [-0.39, 0.29) is 24.0 Å². The quantitative estimate of drug-likeness (QED) is 0.767. The molecule has 0 atom stereocenters. The van der Waals surface area contributed by atoms with Crippen molar-refractivity contribution in [1.29, 1.82) is 0 Å². The molecule has 0 aliphatic carbocycles. The highest BCUT2D eigenvalue weighted by molar-refractivity contribution is 5.98. The molecule has 1 heterocycles. The molecule has 0 spiro atoms. The van der Waals surface area contributed by atoms with Crippen molar-refractivity contribution in [2.75, 3.05) is 6.54 Å². The Morgan fingerprint density at radius 1 is 1.12 bits per heavy atom. The minimum absolute atomic E-state index is 0.0557. The van der Waals surface area contributed by atoms with Crippen LogP contribution in [0.2, 0.25) is 0 Å². The second kappa shape index (κ2) is 8.76. The van der Waals surface area contributed by atoms with E-state index in [0.717, 1.165) is 12.8 Å². The number of nitrogens with one attached hydrogen (secondary N) is 2. The van der Waals surface area contributed by atoms with Gasteiger partial charge in [0.15, 0.2) is 0 Å². The topological polar surface area (TPSA) is 71.1 Å². The normalized spacial score (nSPS) is 10.2. The Morgan fingerprint density at radius 2 is 1.92 bits per heavy atom. The number of unbranched alkanes of at least 4 members (excludes halogenated alkanes) is 1. The fraction of sp³-hybridized carbons (Fsp3) is 0.278. The lowest BCUT2D eigenvalue weighted by Gasteiger charge is -2.08. The largest absolute Gasteiger partial charge is 0.352 e. The van der Waals surface area contributed by atoms with Crippen LogP contribution < -0.4 is 10.6 Å². The van der Waals surface area contributed by atoms with Crippen LogP contribution in [0.1, 0.15) is 46.2 Å². The molecule has 2 amide bonds. The second-order valence-corrected chi connectivity index (χ2v) is 5.31. The van der Waals surface area contributed by atoms with Crippen LogP contribution in [0.4, 0.5) is 4.39 Å². The molecule has 1 aromatic carbocycles. The summed E-state index contributed by atoms with van der Waals surface area (Å²) in [7, 11) is 0. The standard InChI is InChI=1S/C18H20FN3O2/c1-2-3-9-21-17(23)13-8-10-20-16(11-13)18(24)22-12-14-6-4-5-7-15(14)19/h4-8,10-11H,2-3,9,12H2,1H3,(H,21,23)(H,22,24). The van der Waals surface area contributed by atoms with E-state index in [2.05, 4.69) is 15.6 Å². The number of nitrogens with zero attached hydrogens (tertiary/aromatic N) is 1. The summed E-state index contributed by atoms with van der Waals surface area (Å²) in [4.78, 5) is 28.1. The predicted octanol–water partition coefficient (Wildman–Crippen LogP) is 2.68. The number of amides is 2. The Hall–Kier alpha value is -2.76. The molecular weight excluding hydrogens is 309 g/mol. The number of rotatable bonds is 7. The van der Waals surface area contributed by atoms with Gasteiger partial charge in [0.05, 0.1) is 0 Å². The predicted molar refractivity (Wildman–Crippen MR) is 89.0 cm³/mol. The molecule has 0 unspecified atom stereocenters. The maximum absolute atomic E-state index is 13.5. The molecule has 5 nitrogen and oxygen atoms in total. The molecule has 1 aromatic heterocycles.